The van der Waals surface area contributed by atoms with Gasteiger partial charge in [-0.3, -0.25) is 0 Å². The predicted molar refractivity (Wildman–Crippen MR) is 92.4 cm³/mol. The van der Waals surface area contributed by atoms with Crippen LogP contribution in [0.4, 0.5) is 23.7 Å². The van der Waals surface area contributed by atoms with Crippen LogP contribution < -0.4 is 15.4 Å². The van der Waals surface area contributed by atoms with Crippen LogP contribution in [0.5, 0.6) is 5.75 Å². The van der Waals surface area contributed by atoms with E-state index in [4.69, 9.17) is 4.74 Å². The zero-order chi connectivity index (χ0) is 18.7. The molecule has 1 unspecified atom stereocenters. The molecule has 1 atom stereocenters. The van der Waals surface area contributed by atoms with Gasteiger partial charge in [-0.15, -0.1) is 0 Å². The first-order valence-electron chi connectivity index (χ1n) is 8.30. The number of anilines is 1. The fourth-order valence-corrected chi connectivity index (χ4v) is 2.90. The first-order chi connectivity index (χ1) is 12.3. The average Bonchev–Trinajstić information content (AvgIpc) is 3.01. The number of hydrogen-bond acceptors (Lipinski definition) is 2. The highest BCUT2D eigenvalue weighted by atomic mass is 19.4. The molecule has 0 bridgehead atoms. The summed E-state index contributed by atoms with van der Waals surface area (Å²) in [5, 5.41) is 5.33. The van der Waals surface area contributed by atoms with Crippen molar-refractivity contribution < 1.29 is 22.7 Å². The summed E-state index contributed by atoms with van der Waals surface area (Å²) in [6.07, 6.45) is -2.86. The number of benzene rings is 2. The summed E-state index contributed by atoms with van der Waals surface area (Å²) < 4.78 is 43.1. The second-order valence-corrected chi connectivity index (χ2v) is 6.32. The largest absolute Gasteiger partial charge is 0.493 e. The average molecular weight is 364 g/mol. The SMILES string of the molecule is CC(Cc1ccc2c(c1)CCO2)NC(=O)Nc1ccc(C(F)(F)F)cc1. The minimum absolute atomic E-state index is 0.134. The molecule has 1 heterocycles. The number of rotatable bonds is 4. The molecular formula is C19H19F3N2O2. The summed E-state index contributed by atoms with van der Waals surface area (Å²) >= 11 is 0. The lowest BCUT2D eigenvalue weighted by Crippen LogP contribution is -2.37. The summed E-state index contributed by atoms with van der Waals surface area (Å²) in [6, 6.07) is 9.72. The molecular weight excluding hydrogens is 345 g/mol. The van der Waals surface area contributed by atoms with Crippen LogP contribution in [0.2, 0.25) is 0 Å². The van der Waals surface area contributed by atoms with E-state index in [2.05, 4.69) is 16.7 Å². The van der Waals surface area contributed by atoms with Gasteiger partial charge in [0.15, 0.2) is 0 Å². The third kappa shape index (κ3) is 4.47. The van der Waals surface area contributed by atoms with Gasteiger partial charge in [0.1, 0.15) is 5.75 Å². The highest BCUT2D eigenvalue weighted by molar-refractivity contribution is 5.89. The van der Waals surface area contributed by atoms with Crippen molar-refractivity contribution in [1.82, 2.24) is 5.32 Å². The van der Waals surface area contributed by atoms with Crippen LogP contribution in [0.25, 0.3) is 0 Å². The van der Waals surface area contributed by atoms with Crippen molar-refractivity contribution in [2.45, 2.75) is 32.0 Å². The Labute approximate surface area is 149 Å². The summed E-state index contributed by atoms with van der Waals surface area (Å²) in [4.78, 5) is 12.0. The molecule has 0 aromatic heterocycles. The Bertz CT molecular complexity index is 788. The van der Waals surface area contributed by atoms with Crippen LogP contribution >= 0.6 is 0 Å². The maximum absolute atomic E-state index is 12.5. The van der Waals surface area contributed by atoms with Gasteiger partial charge in [0.05, 0.1) is 12.2 Å². The van der Waals surface area contributed by atoms with Crippen molar-refractivity contribution in [3.8, 4) is 5.75 Å². The van der Waals surface area contributed by atoms with Gasteiger partial charge >= 0.3 is 12.2 Å². The van der Waals surface area contributed by atoms with E-state index in [1.165, 1.54) is 17.7 Å². The highest BCUT2D eigenvalue weighted by Crippen LogP contribution is 2.30. The van der Waals surface area contributed by atoms with Crippen LogP contribution in [-0.2, 0) is 19.0 Å². The lowest BCUT2D eigenvalue weighted by Gasteiger charge is -2.15. The molecule has 0 radical (unpaired) electrons. The van der Waals surface area contributed by atoms with E-state index in [1.54, 1.807) is 0 Å². The third-order valence-corrected chi connectivity index (χ3v) is 4.14. The maximum atomic E-state index is 12.5. The molecule has 4 nitrogen and oxygen atoms in total. The van der Waals surface area contributed by atoms with E-state index in [0.29, 0.717) is 18.7 Å². The van der Waals surface area contributed by atoms with E-state index < -0.39 is 17.8 Å². The smallest absolute Gasteiger partial charge is 0.416 e. The molecule has 3 rings (SSSR count). The first-order valence-corrected chi connectivity index (χ1v) is 8.30. The van der Waals surface area contributed by atoms with Crippen LogP contribution in [0.1, 0.15) is 23.6 Å². The summed E-state index contributed by atoms with van der Waals surface area (Å²) in [5.74, 6) is 0.911. The lowest BCUT2D eigenvalue weighted by molar-refractivity contribution is -0.137. The van der Waals surface area contributed by atoms with Crippen molar-refractivity contribution in [2.24, 2.45) is 0 Å². The minimum Gasteiger partial charge on any atom is -0.493 e. The Balaban J connectivity index is 1.52. The van der Waals surface area contributed by atoms with Crippen molar-refractivity contribution in [3.05, 3.63) is 59.2 Å². The number of carbonyl (C=O) groups excluding carboxylic acids is 1. The van der Waals surface area contributed by atoms with E-state index >= 15 is 0 Å². The van der Waals surface area contributed by atoms with Crippen LogP contribution in [0, 0.1) is 0 Å². The van der Waals surface area contributed by atoms with E-state index in [-0.39, 0.29) is 6.04 Å². The molecule has 26 heavy (non-hydrogen) atoms. The first kappa shape index (κ1) is 18.1. The molecule has 7 heteroatoms. The molecule has 0 saturated carbocycles. The topological polar surface area (TPSA) is 50.4 Å². The Morgan fingerprint density at radius 2 is 1.92 bits per heavy atom. The van der Waals surface area contributed by atoms with Gasteiger partial charge in [-0.05, 0) is 54.8 Å². The predicted octanol–water partition coefficient (Wildman–Crippen LogP) is 4.39. The monoisotopic (exact) mass is 364 g/mol. The van der Waals surface area contributed by atoms with Crippen molar-refractivity contribution in [1.29, 1.82) is 0 Å². The number of fused-ring (bicyclic) bond motifs is 1. The standard InChI is InChI=1S/C19H19F3N2O2/c1-12(10-13-2-7-17-14(11-13)8-9-26-17)23-18(25)24-16-5-3-15(4-6-16)19(20,21)22/h2-7,11-12H,8-10H2,1H3,(H2,23,24,25). The molecule has 1 aliphatic rings. The normalized spacial score (nSPS) is 14.3. The third-order valence-electron chi connectivity index (χ3n) is 4.14. The molecule has 2 aromatic rings. The zero-order valence-electron chi connectivity index (χ0n) is 14.2. The quantitative estimate of drug-likeness (QED) is 0.845. The fraction of sp³-hybridized carbons (Fsp3) is 0.316. The van der Waals surface area contributed by atoms with Crippen molar-refractivity contribution in [2.75, 3.05) is 11.9 Å². The van der Waals surface area contributed by atoms with Gasteiger partial charge in [-0.1, -0.05) is 12.1 Å². The molecule has 2 amide bonds. The lowest BCUT2D eigenvalue weighted by atomic mass is 10.0. The number of halogens is 3. The summed E-state index contributed by atoms with van der Waals surface area (Å²) in [5.41, 5.74) is 1.82. The molecule has 2 N–H and O–H groups in total. The molecule has 0 fully saturated rings. The Hall–Kier alpha value is -2.70. The highest BCUT2D eigenvalue weighted by Gasteiger charge is 2.30. The van der Waals surface area contributed by atoms with Gasteiger partial charge in [-0.25, -0.2) is 4.79 Å². The number of hydrogen-bond donors (Lipinski definition) is 2. The molecule has 1 aliphatic heterocycles. The van der Waals surface area contributed by atoms with Gasteiger partial charge < -0.3 is 15.4 Å². The number of alkyl halides is 3. The fourth-order valence-electron chi connectivity index (χ4n) is 2.90. The molecule has 0 spiro atoms. The molecule has 0 saturated heterocycles. The summed E-state index contributed by atoms with van der Waals surface area (Å²) in [6.45, 7) is 2.57. The number of urea groups is 1. The van der Waals surface area contributed by atoms with Crippen LogP contribution in [-0.4, -0.2) is 18.7 Å². The second kappa shape index (κ2) is 7.27. The number of carbonyl (C=O) groups is 1. The van der Waals surface area contributed by atoms with Gasteiger partial charge in [0.2, 0.25) is 0 Å². The Morgan fingerprint density at radius 1 is 1.19 bits per heavy atom. The van der Waals surface area contributed by atoms with Crippen molar-refractivity contribution in [3.63, 3.8) is 0 Å². The second-order valence-electron chi connectivity index (χ2n) is 6.32. The van der Waals surface area contributed by atoms with Gasteiger partial charge in [0.25, 0.3) is 0 Å². The number of ether oxygens (including phenoxy) is 1. The van der Waals surface area contributed by atoms with Crippen LogP contribution in [0.3, 0.4) is 0 Å². The van der Waals surface area contributed by atoms with E-state index in [0.717, 1.165) is 29.9 Å². The molecule has 2 aromatic carbocycles. The van der Waals surface area contributed by atoms with E-state index in [1.807, 2.05) is 19.1 Å². The Kier molecular flexibility index (Phi) is 5.06. The van der Waals surface area contributed by atoms with Crippen molar-refractivity contribution >= 4 is 11.7 Å². The van der Waals surface area contributed by atoms with Gasteiger partial charge in [0, 0.05) is 18.2 Å². The maximum Gasteiger partial charge on any atom is 0.416 e. The van der Waals surface area contributed by atoms with Crippen LogP contribution in [0.15, 0.2) is 42.5 Å². The number of amides is 2. The van der Waals surface area contributed by atoms with Gasteiger partial charge in [-0.2, -0.15) is 13.2 Å². The molecule has 0 aliphatic carbocycles. The number of nitrogens with one attached hydrogen (secondary N) is 2. The zero-order valence-corrected chi connectivity index (χ0v) is 14.2. The Morgan fingerprint density at radius 3 is 2.62 bits per heavy atom. The minimum atomic E-state index is -4.39. The summed E-state index contributed by atoms with van der Waals surface area (Å²) in [7, 11) is 0. The molecule has 138 valence electrons. The van der Waals surface area contributed by atoms with E-state index in [9.17, 15) is 18.0 Å².